The number of nitrogens with zero attached hydrogens (tertiary/aromatic N) is 2. The molecule has 1 atom stereocenters. The maximum atomic E-state index is 12.4. The topological polar surface area (TPSA) is 75.5 Å². The van der Waals surface area contributed by atoms with Crippen molar-refractivity contribution in [3.63, 3.8) is 0 Å². The molecule has 4 rings (SSSR count). The summed E-state index contributed by atoms with van der Waals surface area (Å²) in [6, 6.07) is 22.5. The van der Waals surface area contributed by atoms with Crippen LogP contribution in [-0.2, 0) is 4.79 Å². The number of carbonyl (C=O) groups is 1. The predicted octanol–water partition coefficient (Wildman–Crippen LogP) is 6.46. The zero-order valence-corrected chi connectivity index (χ0v) is 19.3. The average molecular weight is 456 g/mol. The van der Waals surface area contributed by atoms with E-state index in [0.29, 0.717) is 6.04 Å². The number of nitrogens with one attached hydrogen (secondary N) is 1. The molecule has 0 bridgehead atoms. The van der Waals surface area contributed by atoms with Crippen molar-refractivity contribution in [2.45, 2.75) is 32.2 Å². The zero-order valence-electron chi connectivity index (χ0n) is 19.3. The van der Waals surface area contributed by atoms with Crippen LogP contribution in [0.3, 0.4) is 0 Å². The van der Waals surface area contributed by atoms with Crippen molar-refractivity contribution in [1.29, 1.82) is 0 Å². The number of hydrogen-bond acceptors (Lipinski definition) is 4. The highest BCUT2D eigenvalue weighted by Crippen LogP contribution is 2.26. The van der Waals surface area contributed by atoms with Gasteiger partial charge in [-0.15, -0.1) is 0 Å². The van der Waals surface area contributed by atoms with E-state index >= 15 is 0 Å². The van der Waals surface area contributed by atoms with Gasteiger partial charge in [0.2, 0.25) is 5.91 Å². The molecule has 0 aromatic heterocycles. The van der Waals surface area contributed by atoms with Crippen LogP contribution in [0.2, 0.25) is 0 Å². The van der Waals surface area contributed by atoms with Crippen molar-refractivity contribution in [1.82, 2.24) is 4.90 Å². The largest absolute Gasteiger partial charge is 0.323 e. The standard InChI is InChI=1S/C28H29N3O3/c1-21(30-17-3-2-4-18-30)23-12-14-26(15-13-23)29-28(32)16-11-22-7-5-8-24(19-22)25-9-6-10-27(20-25)31(33)34/h5-16,19-21H,2-4,17-18H2,1H3,(H,29,32)/b16-11+. The summed E-state index contributed by atoms with van der Waals surface area (Å²) in [5, 5.41) is 14.0. The molecule has 1 aliphatic rings. The first-order chi connectivity index (χ1) is 16.5. The zero-order chi connectivity index (χ0) is 23.9. The molecule has 0 spiro atoms. The molecule has 1 N–H and O–H groups in total. The predicted molar refractivity (Wildman–Crippen MR) is 136 cm³/mol. The number of likely N-dealkylation sites (tertiary alicyclic amines) is 1. The van der Waals surface area contributed by atoms with E-state index in [1.165, 1.54) is 37.0 Å². The summed E-state index contributed by atoms with van der Waals surface area (Å²) in [5.41, 5.74) is 4.51. The van der Waals surface area contributed by atoms with E-state index in [2.05, 4.69) is 29.3 Å². The smallest absolute Gasteiger partial charge is 0.270 e. The number of amides is 1. The van der Waals surface area contributed by atoms with Crippen LogP contribution in [0.1, 0.15) is 43.4 Å². The Morgan fingerprint density at radius 2 is 1.65 bits per heavy atom. The van der Waals surface area contributed by atoms with E-state index < -0.39 is 4.92 Å². The van der Waals surface area contributed by atoms with E-state index in [1.807, 2.05) is 42.5 Å². The second-order valence-electron chi connectivity index (χ2n) is 8.65. The van der Waals surface area contributed by atoms with Gasteiger partial charge in [0.05, 0.1) is 4.92 Å². The number of anilines is 1. The van der Waals surface area contributed by atoms with Gasteiger partial charge in [-0.05, 0) is 79.4 Å². The number of hydrogen-bond donors (Lipinski definition) is 1. The third kappa shape index (κ3) is 5.97. The van der Waals surface area contributed by atoms with Crippen LogP contribution in [-0.4, -0.2) is 28.8 Å². The average Bonchev–Trinajstić information content (AvgIpc) is 2.88. The van der Waals surface area contributed by atoms with Gasteiger partial charge < -0.3 is 5.32 Å². The van der Waals surface area contributed by atoms with E-state index in [-0.39, 0.29) is 11.6 Å². The Labute approximate surface area is 200 Å². The highest BCUT2D eigenvalue weighted by atomic mass is 16.6. The van der Waals surface area contributed by atoms with Gasteiger partial charge in [0, 0.05) is 29.9 Å². The summed E-state index contributed by atoms with van der Waals surface area (Å²) in [4.78, 5) is 25.6. The SMILES string of the molecule is CC(c1ccc(NC(=O)/C=C/c2cccc(-c3cccc([N+](=O)[O-])c3)c2)cc1)N1CCCCC1. The summed E-state index contributed by atoms with van der Waals surface area (Å²) in [6.07, 6.45) is 7.08. The van der Waals surface area contributed by atoms with Gasteiger partial charge in [-0.2, -0.15) is 0 Å². The first-order valence-corrected chi connectivity index (χ1v) is 11.7. The molecule has 1 fully saturated rings. The van der Waals surface area contributed by atoms with Crippen LogP contribution in [0.25, 0.3) is 17.2 Å². The fraction of sp³-hybridized carbons (Fsp3) is 0.250. The minimum absolute atomic E-state index is 0.0502. The van der Waals surface area contributed by atoms with Crippen LogP contribution in [0.5, 0.6) is 0 Å². The Morgan fingerprint density at radius 3 is 2.35 bits per heavy atom. The van der Waals surface area contributed by atoms with Crippen LogP contribution in [0, 0.1) is 10.1 Å². The quantitative estimate of drug-likeness (QED) is 0.252. The summed E-state index contributed by atoms with van der Waals surface area (Å²) >= 11 is 0. The van der Waals surface area contributed by atoms with Gasteiger partial charge in [-0.25, -0.2) is 0 Å². The number of nitro benzene ring substituents is 1. The lowest BCUT2D eigenvalue weighted by Gasteiger charge is -2.32. The van der Waals surface area contributed by atoms with Crippen LogP contribution < -0.4 is 5.32 Å². The number of benzene rings is 3. The highest BCUT2D eigenvalue weighted by Gasteiger charge is 2.18. The summed E-state index contributed by atoms with van der Waals surface area (Å²) < 4.78 is 0. The molecule has 1 heterocycles. The number of carbonyl (C=O) groups excluding carboxylic acids is 1. The van der Waals surface area contributed by atoms with Crippen molar-refractivity contribution in [2.75, 3.05) is 18.4 Å². The molecule has 1 aliphatic heterocycles. The molecule has 3 aromatic rings. The highest BCUT2D eigenvalue weighted by molar-refractivity contribution is 6.02. The minimum Gasteiger partial charge on any atom is -0.323 e. The molecule has 0 radical (unpaired) electrons. The third-order valence-corrected chi connectivity index (χ3v) is 6.30. The number of piperidine rings is 1. The van der Waals surface area contributed by atoms with Crippen molar-refractivity contribution in [3.05, 3.63) is 100 Å². The molecule has 34 heavy (non-hydrogen) atoms. The minimum atomic E-state index is -0.404. The number of non-ortho nitro benzene ring substituents is 1. The maximum absolute atomic E-state index is 12.4. The second kappa shape index (κ2) is 10.9. The monoisotopic (exact) mass is 455 g/mol. The molecule has 174 valence electrons. The van der Waals surface area contributed by atoms with Gasteiger partial charge >= 0.3 is 0 Å². The molecule has 1 amide bonds. The van der Waals surface area contributed by atoms with E-state index in [4.69, 9.17) is 0 Å². The fourth-order valence-corrected chi connectivity index (χ4v) is 4.34. The van der Waals surface area contributed by atoms with Gasteiger partial charge in [-0.3, -0.25) is 19.8 Å². The van der Waals surface area contributed by atoms with Crippen molar-refractivity contribution < 1.29 is 9.72 Å². The van der Waals surface area contributed by atoms with Crippen molar-refractivity contribution >= 4 is 23.4 Å². The first kappa shape index (κ1) is 23.4. The fourth-order valence-electron chi connectivity index (χ4n) is 4.34. The van der Waals surface area contributed by atoms with Crippen LogP contribution >= 0.6 is 0 Å². The molecule has 6 heteroatoms. The Morgan fingerprint density at radius 1 is 0.971 bits per heavy atom. The Kier molecular flexibility index (Phi) is 7.50. The molecule has 1 saturated heterocycles. The Bertz CT molecular complexity index is 1180. The second-order valence-corrected chi connectivity index (χ2v) is 8.65. The van der Waals surface area contributed by atoms with Gasteiger partial charge in [0.1, 0.15) is 0 Å². The van der Waals surface area contributed by atoms with Gasteiger partial charge in [0.25, 0.3) is 5.69 Å². The lowest BCUT2D eigenvalue weighted by Crippen LogP contribution is -2.32. The third-order valence-electron chi connectivity index (χ3n) is 6.30. The lowest BCUT2D eigenvalue weighted by molar-refractivity contribution is -0.384. The molecule has 3 aromatic carbocycles. The summed E-state index contributed by atoms with van der Waals surface area (Å²) in [5.74, 6) is -0.211. The molecular weight excluding hydrogens is 426 g/mol. The number of rotatable bonds is 7. The molecule has 6 nitrogen and oxygen atoms in total. The van der Waals surface area contributed by atoms with E-state index in [1.54, 1.807) is 18.2 Å². The van der Waals surface area contributed by atoms with Crippen molar-refractivity contribution in [2.24, 2.45) is 0 Å². The number of nitro groups is 1. The summed E-state index contributed by atoms with van der Waals surface area (Å²) in [7, 11) is 0. The molecule has 0 saturated carbocycles. The van der Waals surface area contributed by atoms with E-state index in [9.17, 15) is 14.9 Å². The maximum Gasteiger partial charge on any atom is 0.270 e. The first-order valence-electron chi connectivity index (χ1n) is 11.7. The van der Waals surface area contributed by atoms with Crippen LogP contribution in [0.4, 0.5) is 11.4 Å². The van der Waals surface area contributed by atoms with Gasteiger partial charge in [0.15, 0.2) is 0 Å². The Balaban J connectivity index is 1.38. The molecule has 1 unspecified atom stereocenters. The molecule has 0 aliphatic carbocycles. The van der Waals surface area contributed by atoms with Crippen molar-refractivity contribution in [3.8, 4) is 11.1 Å². The normalized spacial score (nSPS) is 15.2. The van der Waals surface area contributed by atoms with Crippen LogP contribution in [0.15, 0.2) is 78.9 Å². The summed E-state index contributed by atoms with van der Waals surface area (Å²) in [6.45, 7) is 4.53. The lowest BCUT2D eigenvalue weighted by atomic mass is 10.0. The Hall–Kier alpha value is -3.77. The molecular formula is C28H29N3O3. The van der Waals surface area contributed by atoms with E-state index in [0.717, 1.165) is 35.5 Å². The van der Waals surface area contributed by atoms with Gasteiger partial charge in [-0.1, -0.05) is 48.9 Å².